The lowest BCUT2D eigenvalue weighted by molar-refractivity contribution is 0.0752. The second-order valence-corrected chi connectivity index (χ2v) is 5.81. The number of amides is 2. The Morgan fingerprint density at radius 2 is 1.69 bits per heavy atom. The molecular formula is C21H20N2O3. The Morgan fingerprint density at radius 3 is 2.31 bits per heavy atom. The monoisotopic (exact) mass is 348 g/mol. The van der Waals surface area contributed by atoms with E-state index in [0.717, 1.165) is 5.56 Å². The Morgan fingerprint density at radius 1 is 0.962 bits per heavy atom. The van der Waals surface area contributed by atoms with Gasteiger partial charge >= 0.3 is 0 Å². The molecule has 5 heteroatoms. The van der Waals surface area contributed by atoms with Crippen LogP contribution in [0.15, 0.2) is 77.4 Å². The van der Waals surface area contributed by atoms with Crippen LogP contribution in [0, 0.1) is 0 Å². The summed E-state index contributed by atoms with van der Waals surface area (Å²) >= 11 is 0. The van der Waals surface area contributed by atoms with Gasteiger partial charge in [0.1, 0.15) is 0 Å². The molecule has 0 atom stereocenters. The minimum absolute atomic E-state index is 0.0414. The van der Waals surface area contributed by atoms with E-state index in [1.807, 2.05) is 37.3 Å². The molecule has 2 aromatic carbocycles. The van der Waals surface area contributed by atoms with Gasteiger partial charge in [0.25, 0.3) is 11.8 Å². The zero-order valence-corrected chi connectivity index (χ0v) is 14.5. The van der Waals surface area contributed by atoms with Gasteiger partial charge in [0.2, 0.25) is 0 Å². The standard InChI is InChI=1S/C21H20N2O3/c1-2-23(15-16-7-4-3-5-8-16)21(25)17-10-12-18(13-11-17)22-20(24)19-9-6-14-26-19/h3-14H,2,15H2,1H3,(H,22,24). The summed E-state index contributed by atoms with van der Waals surface area (Å²) in [5.41, 5.74) is 2.28. The summed E-state index contributed by atoms with van der Waals surface area (Å²) < 4.78 is 5.06. The topological polar surface area (TPSA) is 62.6 Å². The van der Waals surface area contributed by atoms with Gasteiger partial charge in [0.15, 0.2) is 5.76 Å². The summed E-state index contributed by atoms with van der Waals surface area (Å²) in [4.78, 5) is 26.5. The van der Waals surface area contributed by atoms with Gasteiger partial charge < -0.3 is 14.6 Å². The van der Waals surface area contributed by atoms with Crippen LogP contribution in [-0.2, 0) is 6.54 Å². The van der Waals surface area contributed by atoms with E-state index < -0.39 is 0 Å². The average Bonchev–Trinajstić information content (AvgIpc) is 3.22. The van der Waals surface area contributed by atoms with Crippen LogP contribution in [0.1, 0.15) is 33.4 Å². The number of anilines is 1. The highest BCUT2D eigenvalue weighted by molar-refractivity contribution is 6.02. The molecule has 26 heavy (non-hydrogen) atoms. The van der Waals surface area contributed by atoms with Gasteiger partial charge in [0, 0.05) is 24.3 Å². The maximum absolute atomic E-state index is 12.7. The first-order valence-corrected chi connectivity index (χ1v) is 8.45. The Bertz CT molecular complexity index is 856. The fourth-order valence-electron chi connectivity index (χ4n) is 2.61. The highest BCUT2D eigenvalue weighted by atomic mass is 16.3. The smallest absolute Gasteiger partial charge is 0.291 e. The Kier molecular flexibility index (Phi) is 5.49. The van der Waals surface area contributed by atoms with E-state index in [-0.39, 0.29) is 17.6 Å². The predicted octanol–water partition coefficient (Wildman–Crippen LogP) is 4.19. The van der Waals surface area contributed by atoms with E-state index in [2.05, 4.69) is 5.32 Å². The van der Waals surface area contributed by atoms with Crippen molar-refractivity contribution in [2.24, 2.45) is 0 Å². The zero-order valence-electron chi connectivity index (χ0n) is 14.5. The quantitative estimate of drug-likeness (QED) is 0.726. The van der Waals surface area contributed by atoms with Crippen LogP contribution in [0.3, 0.4) is 0 Å². The zero-order chi connectivity index (χ0) is 18.4. The molecule has 0 radical (unpaired) electrons. The van der Waals surface area contributed by atoms with E-state index in [4.69, 9.17) is 4.42 Å². The molecule has 5 nitrogen and oxygen atoms in total. The van der Waals surface area contributed by atoms with Crippen molar-refractivity contribution in [2.75, 3.05) is 11.9 Å². The maximum atomic E-state index is 12.7. The first-order valence-electron chi connectivity index (χ1n) is 8.45. The number of rotatable bonds is 6. The van der Waals surface area contributed by atoms with Crippen molar-refractivity contribution < 1.29 is 14.0 Å². The van der Waals surface area contributed by atoms with Crippen molar-refractivity contribution in [3.8, 4) is 0 Å². The lowest BCUT2D eigenvalue weighted by Crippen LogP contribution is -2.30. The summed E-state index contributed by atoms with van der Waals surface area (Å²) in [5, 5.41) is 2.74. The molecule has 0 fully saturated rings. The number of furan rings is 1. The maximum Gasteiger partial charge on any atom is 0.291 e. The number of hydrogen-bond acceptors (Lipinski definition) is 3. The van der Waals surface area contributed by atoms with Gasteiger partial charge in [-0.05, 0) is 48.9 Å². The molecule has 1 aromatic heterocycles. The number of nitrogens with one attached hydrogen (secondary N) is 1. The molecule has 0 saturated carbocycles. The van der Waals surface area contributed by atoms with Crippen molar-refractivity contribution in [3.05, 3.63) is 89.9 Å². The lowest BCUT2D eigenvalue weighted by Gasteiger charge is -2.21. The number of hydrogen-bond donors (Lipinski definition) is 1. The van der Waals surface area contributed by atoms with E-state index >= 15 is 0 Å². The normalized spacial score (nSPS) is 10.3. The summed E-state index contributed by atoms with van der Waals surface area (Å²) in [6.45, 7) is 3.14. The van der Waals surface area contributed by atoms with Crippen LogP contribution in [0.2, 0.25) is 0 Å². The summed E-state index contributed by atoms with van der Waals surface area (Å²) in [5.74, 6) is -0.126. The highest BCUT2D eigenvalue weighted by Crippen LogP contribution is 2.15. The molecule has 132 valence electrons. The fraction of sp³-hybridized carbons (Fsp3) is 0.143. The number of benzene rings is 2. The van der Waals surface area contributed by atoms with Crippen molar-refractivity contribution >= 4 is 17.5 Å². The molecule has 0 unspecified atom stereocenters. The summed E-state index contributed by atoms with van der Waals surface area (Å²) in [7, 11) is 0. The molecule has 0 saturated heterocycles. The molecule has 3 rings (SSSR count). The molecule has 0 bridgehead atoms. The minimum Gasteiger partial charge on any atom is -0.459 e. The van der Waals surface area contributed by atoms with Crippen LogP contribution in [0.5, 0.6) is 0 Å². The van der Waals surface area contributed by atoms with Gasteiger partial charge in [0.05, 0.1) is 6.26 Å². The molecule has 0 aliphatic rings. The van der Waals surface area contributed by atoms with Crippen molar-refractivity contribution in [3.63, 3.8) is 0 Å². The molecule has 1 heterocycles. The molecule has 2 amide bonds. The van der Waals surface area contributed by atoms with Crippen molar-refractivity contribution in [1.82, 2.24) is 4.90 Å². The number of carbonyl (C=O) groups is 2. The summed E-state index contributed by atoms with van der Waals surface area (Å²) in [6.07, 6.45) is 1.45. The third kappa shape index (κ3) is 4.19. The van der Waals surface area contributed by atoms with Crippen molar-refractivity contribution in [2.45, 2.75) is 13.5 Å². The average molecular weight is 348 g/mol. The Hall–Kier alpha value is -3.34. The van der Waals surface area contributed by atoms with E-state index in [1.54, 1.807) is 41.3 Å². The highest BCUT2D eigenvalue weighted by Gasteiger charge is 2.15. The molecule has 1 N–H and O–H groups in total. The van der Waals surface area contributed by atoms with Gasteiger partial charge in [-0.25, -0.2) is 0 Å². The van der Waals surface area contributed by atoms with Gasteiger partial charge in [-0.15, -0.1) is 0 Å². The second kappa shape index (κ2) is 8.16. The van der Waals surface area contributed by atoms with Crippen LogP contribution >= 0.6 is 0 Å². The first kappa shape index (κ1) is 17.5. The van der Waals surface area contributed by atoms with Crippen LogP contribution in [0.25, 0.3) is 0 Å². The lowest BCUT2D eigenvalue weighted by atomic mass is 10.1. The van der Waals surface area contributed by atoms with Crippen LogP contribution < -0.4 is 5.32 Å². The fourth-order valence-corrected chi connectivity index (χ4v) is 2.61. The second-order valence-electron chi connectivity index (χ2n) is 5.81. The van der Waals surface area contributed by atoms with Crippen LogP contribution in [0.4, 0.5) is 5.69 Å². The SMILES string of the molecule is CCN(Cc1ccccc1)C(=O)c1ccc(NC(=O)c2ccco2)cc1. The molecule has 0 spiro atoms. The Balaban J connectivity index is 1.66. The molecule has 3 aromatic rings. The van der Waals surface area contributed by atoms with E-state index in [9.17, 15) is 9.59 Å². The number of nitrogens with zero attached hydrogens (tertiary/aromatic N) is 1. The molecule has 0 aliphatic carbocycles. The largest absolute Gasteiger partial charge is 0.459 e. The first-order chi connectivity index (χ1) is 12.7. The Labute approximate surface area is 152 Å². The third-order valence-corrected chi connectivity index (χ3v) is 4.02. The molecule has 0 aliphatic heterocycles. The summed E-state index contributed by atoms with van der Waals surface area (Å²) in [6, 6.07) is 20.0. The predicted molar refractivity (Wildman–Crippen MR) is 100.0 cm³/mol. The van der Waals surface area contributed by atoms with Crippen molar-refractivity contribution in [1.29, 1.82) is 0 Å². The number of carbonyl (C=O) groups excluding carboxylic acids is 2. The molecular weight excluding hydrogens is 328 g/mol. The van der Waals surface area contributed by atoms with Crippen LogP contribution in [-0.4, -0.2) is 23.3 Å². The van der Waals surface area contributed by atoms with Gasteiger partial charge in [-0.3, -0.25) is 9.59 Å². The third-order valence-electron chi connectivity index (χ3n) is 4.02. The van der Waals surface area contributed by atoms with E-state index in [0.29, 0.717) is 24.3 Å². The minimum atomic E-state index is -0.326. The van der Waals surface area contributed by atoms with Gasteiger partial charge in [-0.1, -0.05) is 30.3 Å². The van der Waals surface area contributed by atoms with Gasteiger partial charge in [-0.2, -0.15) is 0 Å². The van der Waals surface area contributed by atoms with E-state index in [1.165, 1.54) is 6.26 Å².